The second-order valence-corrected chi connectivity index (χ2v) is 6.64. The number of halogens is 3. The van der Waals surface area contributed by atoms with Crippen molar-refractivity contribution in [3.63, 3.8) is 0 Å². The summed E-state index contributed by atoms with van der Waals surface area (Å²) in [4.78, 5) is 10.9. The number of carboxylic acid groups (broad SMARTS) is 1. The number of alkyl halides is 3. The Hall–Kier alpha value is -1.00. The quantitative estimate of drug-likeness (QED) is 0.778. The van der Waals surface area contributed by atoms with Gasteiger partial charge in [-0.25, -0.2) is 4.79 Å². The average molecular weight is 274 g/mol. The van der Waals surface area contributed by atoms with Crippen LogP contribution in [-0.2, 0) is 4.79 Å². The number of hydrogen-bond donors (Lipinski definition) is 1. The second-order valence-electron chi connectivity index (χ2n) is 6.64. The standard InChI is InChI=1S/C14H17F3O2/c15-14(16,17)11(12(18)19)7-13-4-8-1-9(5-13)3-10(2-8)6-13/h7-10H,1-6H2,(H,18,19). The number of rotatable bonds is 2. The van der Waals surface area contributed by atoms with Gasteiger partial charge in [0.2, 0.25) is 0 Å². The van der Waals surface area contributed by atoms with Gasteiger partial charge >= 0.3 is 12.1 Å². The third-order valence-corrected chi connectivity index (χ3v) is 5.07. The van der Waals surface area contributed by atoms with Crippen LogP contribution in [0.25, 0.3) is 0 Å². The van der Waals surface area contributed by atoms with Crippen LogP contribution >= 0.6 is 0 Å². The fourth-order valence-electron chi connectivity index (χ4n) is 4.93. The summed E-state index contributed by atoms with van der Waals surface area (Å²) in [5.74, 6) is -0.328. The average Bonchev–Trinajstić information content (AvgIpc) is 2.22. The van der Waals surface area contributed by atoms with Crippen LogP contribution in [0.5, 0.6) is 0 Å². The van der Waals surface area contributed by atoms with Crippen LogP contribution in [0, 0.1) is 23.2 Å². The summed E-state index contributed by atoms with van der Waals surface area (Å²) < 4.78 is 38.4. The lowest BCUT2D eigenvalue weighted by Crippen LogP contribution is -2.45. The molecule has 0 amide bonds. The molecule has 0 radical (unpaired) electrons. The van der Waals surface area contributed by atoms with Crippen LogP contribution in [0.4, 0.5) is 13.2 Å². The van der Waals surface area contributed by atoms with Crippen molar-refractivity contribution in [2.24, 2.45) is 23.2 Å². The molecule has 5 heteroatoms. The highest BCUT2D eigenvalue weighted by Gasteiger charge is 2.52. The Morgan fingerprint density at radius 1 is 1.05 bits per heavy atom. The predicted molar refractivity (Wildman–Crippen MR) is 62.4 cm³/mol. The highest BCUT2D eigenvalue weighted by atomic mass is 19.4. The van der Waals surface area contributed by atoms with E-state index in [9.17, 15) is 18.0 Å². The van der Waals surface area contributed by atoms with E-state index < -0.39 is 23.1 Å². The number of carbonyl (C=O) groups is 1. The lowest BCUT2D eigenvalue weighted by molar-refractivity contribution is -0.145. The Kier molecular flexibility index (Phi) is 2.74. The van der Waals surface area contributed by atoms with Crippen molar-refractivity contribution < 1.29 is 23.1 Å². The molecule has 0 spiro atoms. The normalized spacial score (nSPS) is 41.6. The van der Waals surface area contributed by atoms with Crippen LogP contribution in [0.1, 0.15) is 38.5 Å². The first kappa shape index (κ1) is 13.0. The van der Waals surface area contributed by atoms with E-state index in [-0.39, 0.29) is 0 Å². The van der Waals surface area contributed by atoms with Crippen LogP contribution in [0.2, 0.25) is 0 Å². The second kappa shape index (κ2) is 4.00. The molecule has 0 aromatic heterocycles. The molecular formula is C14H17F3O2. The predicted octanol–water partition coefficient (Wildman–Crippen LogP) is 3.78. The van der Waals surface area contributed by atoms with E-state index in [1.807, 2.05) is 0 Å². The van der Waals surface area contributed by atoms with E-state index in [1.165, 1.54) is 0 Å². The van der Waals surface area contributed by atoms with Crippen molar-refractivity contribution in [1.29, 1.82) is 0 Å². The molecule has 0 saturated heterocycles. The molecule has 1 N–H and O–H groups in total. The maximum absolute atomic E-state index is 12.8. The van der Waals surface area contributed by atoms with Crippen LogP contribution in [0.15, 0.2) is 11.6 Å². The largest absolute Gasteiger partial charge is 0.478 e. The first-order valence-corrected chi connectivity index (χ1v) is 6.81. The summed E-state index contributed by atoms with van der Waals surface area (Å²) in [5, 5.41) is 8.82. The summed E-state index contributed by atoms with van der Waals surface area (Å²) in [6, 6.07) is 0. The van der Waals surface area contributed by atoms with E-state index in [2.05, 4.69) is 0 Å². The fraction of sp³-hybridized carbons (Fsp3) is 0.786. The highest BCUT2D eigenvalue weighted by molar-refractivity contribution is 5.88. The molecule has 4 rings (SSSR count). The molecule has 19 heavy (non-hydrogen) atoms. The van der Waals surface area contributed by atoms with Gasteiger partial charge < -0.3 is 5.11 Å². The van der Waals surface area contributed by atoms with Crippen molar-refractivity contribution in [3.8, 4) is 0 Å². The zero-order valence-corrected chi connectivity index (χ0v) is 10.5. The lowest BCUT2D eigenvalue weighted by Gasteiger charge is -2.56. The van der Waals surface area contributed by atoms with Crippen molar-refractivity contribution in [2.45, 2.75) is 44.7 Å². The topological polar surface area (TPSA) is 37.3 Å². The molecule has 2 nitrogen and oxygen atoms in total. The van der Waals surface area contributed by atoms with E-state index in [4.69, 9.17) is 5.11 Å². The summed E-state index contributed by atoms with van der Waals surface area (Å²) in [5.41, 5.74) is -1.87. The SMILES string of the molecule is O=C(O)C(=CC12CC3CC(CC(C3)C1)C2)C(F)(F)F. The monoisotopic (exact) mass is 274 g/mol. The van der Waals surface area contributed by atoms with Gasteiger partial charge in [0.15, 0.2) is 0 Å². The first-order valence-electron chi connectivity index (χ1n) is 6.81. The van der Waals surface area contributed by atoms with Gasteiger partial charge in [0.1, 0.15) is 5.57 Å². The van der Waals surface area contributed by atoms with Gasteiger partial charge in [0.05, 0.1) is 0 Å². The van der Waals surface area contributed by atoms with Crippen molar-refractivity contribution >= 4 is 5.97 Å². The molecule has 0 aliphatic heterocycles. The van der Waals surface area contributed by atoms with Gasteiger partial charge in [0, 0.05) is 0 Å². The van der Waals surface area contributed by atoms with Crippen molar-refractivity contribution in [1.82, 2.24) is 0 Å². The molecule has 4 fully saturated rings. The van der Waals surface area contributed by atoms with Crippen LogP contribution < -0.4 is 0 Å². The molecular weight excluding hydrogens is 257 g/mol. The fourth-order valence-corrected chi connectivity index (χ4v) is 4.93. The summed E-state index contributed by atoms with van der Waals surface area (Å²) in [6.45, 7) is 0. The number of aliphatic carboxylic acids is 1. The first-order chi connectivity index (χ1) is 8.77. The van der Waals surface area contributed by atoms with Crippen molar-refractivity contribution in [3.05, 3.63) is 11.6 Å². The van der Waals surface area contributed by atoms with Crippen molar-refractivity contribution in [2.75, 3.05) is 0 Å². The Morgan fingerprint density at radius 2 is 1.47 bits per heavy atom. The Bertz CT molecular complexity index is 401. The molecule has 4 aliphatic carbocycles. The molecule has 0 heterocycles. The smallest absolute Gasteiger partial charge is 0.423 e. The summed E-state index contributed by atoms with van der Waals surface area (Å²) >= 11 is 0. The van der Waals surface area contributed by atoms with Crippen LogP contribution in [0.3, 0.4) is 0 Å². The Labute approximate surface area is 109 Å². The van der Waals surface area contributed by atoms with Gasteiger partial charge in [-0.05, 0) is 61.7 Å². The zero-order chi connectivity index (χ0) is 13.8. The minimum absolute atomic E-state index is 0.502. The van der Waals surface area contributed by atoms with Gasteiger partial charge in [0.25, 0.3) is 0 Å². The molecule has 0 unspecified atom stereocenters. The van der Waals surface area contributed by atoms with Gasteiger partial charge in [-0.1, -0.05) is 6.08 Å². The molecule has 0 aromatic carbocycles. The third-order valence-electron chi connectivity index (χ3n) is 5.07. The number of allylic oxidation sites excluding steroid dienone is 1. The van der Waals surface area contributed by atoms with Gasteiger partial charge in [-0.15, -0.1) is 0 Å². The molecule has 4 saturated carbocycles. The van der Waals surface area contributed by atoms with E-state index >= 15 is 0 Å². The maximum atomic E-state index is 12.8. The highest BCUT2D eigenvalue weighted by Crippen LogP contribution is 2.61. The molecule has 106 valence electrons. The Balaban J connectivity index is 1.94. The van der Waals surface area contributed by atoms with Crippen LogP contribution in [-0.4, -0.2) is 17.3 Å². The molecule has 0 aromatic rings. The van der Waals surface area contributed by atoms with E-state index in [0.29, 0.717) is 17.8 Å². The number of hydrogen-bond acceptors (Lipinski definition) is 1. The minimum Gasteiger partial charge on any atom is -0.478 e. The zero-order valence-electron chi connectivity index (χ0n) is 10.5. The summed E-state index contributed by atoms with van der Waals surface area (Å²) in [6.07, 6.45) is 1.91. The maximum Gasteiger partial charge on any atom is 0.423 e. The minimum atomic E-state index is -4.75. The van der Waals surface area contributed by atoms with Gasteiger partial charge in [-0.3, -0.25) is 0 Å². The van der Waals surface area contributed by atoms with E-state index in [0.717, 1.165) is 44.6 Å². The lowest BCUT2D eigenvalue weighted by atomic mass is 9.49. The van der Waals surface area contributed by atoms with Gasteiger partial charge in [-0.2, -0.15) is 13.2 Å². The molecule has 0 atom stereocenters. The molecule has 4 aliphatic rings. The van der Waals surface area contributed by atoms with E-state index in [1.54, 1.807) is 0 Å². The third kappa shape index (κ3) is 2.28. The summed E-state index contributed by atoms with van der Waals surface area (Å²) in [7, 11) is 0. The molecule has 4 bridgehead atoms. The number of carboxylic acids is 1. The Morgan fingerprint density at radius 3 is 1.79 bits per heavy atom.